The smallest absolute Gasteiger partial charge is 0.0610 e. The van der Waals surface area contributed by atoms with E-state index in [1.165, 1.54) is 0 Å². The van der Waals surface area contributed by atoms with E-state index in [0.29, 0.717) is 23.7 Å². The van der Waals surface area contributed by atoms with Crippen molar-refractivity contribution in [2.45, 2.75) is 40.2 Å². The average Bonchev–Trinajstić information content (AvgIpc) is 2.03. The molecule has 1 heteroatoms. The number of aliphatic hydroxyl groups excluding tert-OH is 1. The zero-order valence-electron chi connectivity index (χ0n) is 9.20. The monoisotopic (exact) mass is 182 g/mol. The van der Waals surface area contributed by atoms with Crippen LogP contribution in [-0.4, -0.2) is 11.2 Å². The number of hydrogen-bond donors (Lipinski definition) is 1. The molecule has 0 aromatic heterocycles. The van der Waals surface area contributed by atoms with Crippen LogP contribution in [0.3, 0.4) is 0 Å². The molecule has 1 aliphatic rings. The van der Waals surface area contributed by atoms with E-state index in [1.807, 2.05) is 0 Å². The SMILES string of the molecule is CC(C)C1C=CC(C(C)C)C(O)C1. The van der Waals surface area contributed by atoms with E-state index in [2.05, 4.69) is 39.8 Å². The second-order valence-corrected chi connectivity index (χ2v) is 4.92. The summed E-state index contributed by atoms with van der Waals surface area (Å²) in [4.78, 5) is 0. The molecule has 0 bridgehead atoms. The zero-order valence-corrected chi connectivity index (χ0v) is 9.20. The van der Waals surface area contributed by atoms with Crippen molar-refractivity contribution in [2.24, 2.45) is 23.7 Å². The molecule has 0 saturated heterocycles. The van der Waals surface area contributed by atoms with Crippen molar-refractivity contribution >= 4 is 0 Å². The largest absolute Gasteiger partial charge is 0.392 e. The van der Waals surface area contributed by atoms with Gasteiger partial charge in [-0.1, -0.05) is 39.8 Å². The Morgan fingerprint density at radius 3 is 2.08 bits per heavy atom. The van der Waals surface area contributed by atoms with Crippen molar-refractivity contribution in [2.75, 3.05) is 0 Å². The second-order valence-electron chi connectivity index (χ2n) is 4.92. The third-order valence-electron chi connectivity index (χ3n) is 3.16. The van der Waals surface area contributed by atoms with Crippen LogP contribution in [0.1, 0.15) is 34.1 Å². The van der Waals surface area contributed by atoms with Crippen LogP contribution in [0.15, 0.2) is 12.2 Å². The fourth-order valence-corrected chi connectivity index (χ4v) is 2.07. The van der Waals surface area contributed by atoms with E-state index in [-0.39, 0.29) is 6.10 Å². The van der Waals surface area contributed by atoms with Crippen molar-refractivity contribution in [1.82, 2.24) is 0 Å². The van der Waals surface area contributed by atoms with Gasteiger partial charge in [-0.3, -0.25) is 0 Å². The predicted octanol–water partition coefficient (Wildman–Crippen LogP) is 2.85. The lowest BCUT2D eigenvalue weighted by atomic mass is 9.77. The Kier molecular flexibility index (Phi) is 3.55. The standard InChI is InChI=1S/C12H22O/c1-8(2)10-5-6-11(9(3)4)12(13)7-10/h5-6,8-13H,7H2,1-4H3. The lowest BCUT2D eigenvalue weighted by Gasteiger charge is -2.32. The Morgan fingerprint density at radius 2 is 1.69 bits per heavy atom. The zero-order chi connectivity index (χ0) is 10.0. The fourth-order valence-electron chi connectivity index (χ4n) is 2.07. The summed E-state index contributed by atoms with van der Waals surface area (Å²) in [5.74, 6) is 2.15. The molecule has 0 radical (unpaired) electrons. The summed E-state index contributed by atoms with van der Waals surface area (Å²) in [5, 5.41) is 9.91. The van der Waals surface area contributed by atoms with Crippen LogP contribution in [0.5, 0.6) is 0 Å². The highest BCUT2D eigenvalue weighted by molar-refractivity contribution is 5.03. The third kappa shape index (κ3) is 2.57. The van der Waals surface area contributed by atoms with Crippen LogP contribution in [-0.2, 0) is 0 Å². The van der Waals surface area contributed by atoms with Crippen molar-refractivity contribution in [3.05, 3.63) is 12.2 Å². The molecule has 0 aliphatic heterocycles. The van der Waals surface area contributed by atoms with E-state index in [4.69, 9.17) is 0 Å². The lowest BCUT2D eigenvalue weighted by molar-refractivity contribution is 0.0726. The average molecular weight is 182 g/mol. The molecular formula is C12H22O. The normalized spacial score (nSPS) is 34.5. The van der Waals surface area contributed by atoms with E-state index in [9.17, 15) is 5.11 Å². The van der Waals surface area contributed by atoms with Gasteiger partial charge in [0, 0.05) is 5.92 Å². The molecule has 1 nitrogen and oxygen atoms in total. The molecule has 13 heavy (non-hydrogen) atoms. The van der Waals surface area contributed by atoms with Gasteiger partial charge in [0.05, 0.1) is 6.10 Å². The van der Waals surface area contributed by atoms with E-state index >= 15 is 0 Å². The molecule has 0 aromatic rings. The summed E-state index contributed by atoms with van der Waals surface area (Å²) in [5.41, 5.74) is 0. The maximum absolute atomic E-state index is 9.91. The lowest BCUT2D eigenvalue weighted by Crippen LogP contribution is -2.30. The van der Waals surface area contributed by atoms with Gasteiger partial charge < -0.3 is 5.11 Å². The fraction of sp³-hybridized carbons (Fsp3) is 0.833. The first kappa shape index (κ1) is 10.8. The molecule has 76 valence electrons. The first-order valence-corrected chi connectivity index (χ1v) is 5.38. The van der Waals surface area contributed by atoms with E-state index in [0.717, 1.165) is 6.42 Å². The summed E-state index contributed by atoms with van der Waals surface area (Å²) >= 11 is 0. The molecule has 0 aromatic carbocycles. The maximum Gasteiger partial charge on any atom is 0.0610 e. The minimum atomic E-state index is -0.127. The van der Waals surface area contributed by atoms with Crippen molar-refractivity contribution in [3.63, 3.8) is 0 Å². The molecule has 3 atom stereocenters. The first-order chi connectivity index (χ1) is 6.02. The highest BCUT2D eigenvalue weighted by Gasteiger charge is 2.27. The molecule has 0 saturated carbocycles. The Balaban J connectivity index is 2.63. The van der Waals surface area contributed by atoms with Gasteiger partial charge in [0.25, 0.3) is 0 Å². The summed E-state index contributed by atoms with van der Waals surface area (Å²) in [6.45, 7) is 8.79. The minimum absolute atomic E-state index is 0.127. The van der Waals surface area contributed by atoms with Gasteiger partial charge in [-0.05, 0) is 24.2 Å². The van der Waals surface area contributed by atoms with Crippen LogP contribution in [0.25, 0.3) is 0 Å². The maximum atomic E-state index is 9.91. The Morgan fingerprint density at radius 1 is 1.08 bits per heavy atom. The summed E-state index contributed by atoms with van der Waals surface area (Å²) in [7, 11) is 0. The molecule has 0 heterocycles. The van der Waals surface area contributed by atoms with Gasteiger partial charge in [-0.25, -0.2) is 0 Å². The van der Waals surface area contributed by atoms with Gasteiger partial charge in [0.15, 0.2) is 0 Å². The topological polar surface area (TPSA) is 20.2 Å². The Labute approximate surface area is 81.9 Å². The third-order valence-corrected chi connectivity index (χ3v) is 3.16. The van der Waals surface area contributed by atoms with Crippen LogP contribution in [0, 0.1) is 23.7 Å². The number of allylic oxidation sites excluding steroid dienone is 1. The molecule has 0 fully saturated rings. The highest BCUT2D eigenvalue weighted by Crippen LogP contribution is 2.31. The second kappa shape index (κ2) is 4.28. The Hall–Kier alpha value is -0.300. The van der Waals surface area contributed by atoms with E-state index in [1.54, 1.807) is 0 Å². The van der Waals surface area contributed by atoms with Crippen LogP contribution < -0.4 is 0 Å². The molecule has 0 amide bonds. The van der Waals surface area contributed by atoms with Gasteiger partial charge in [-0.2, -0.15) is 0 Å². The van der Waals surface area contributed by atoms with Crippen LogP contribution in [0.4, 0.5) is 0 Å². The van der Waals surface area contributed by atoms with Crippen molar-refractivity contribution in [3.8, 4) is 0 Å². The molecule has 0 spiro atoms. The summed E-state index contributed by atoms with van der Waals surface area (Å²) < 4.78 is 0. The molecular weight excluding hydrogens is 160 g/mol. The Bertz CT molecular complexity index is 182. The van der Waals surface area contributed by atoms with Crippen molar-refractivity contribution in [1.29, 1.82) is 0 Å². The molecule has 1 rings (SSSR count). The first-order valence-electron chi connectivity index (χ1n) is 5.38. The van der Waals surface area contributed by atoms with Gasteiger partial charge in [-0.15, -0.1) is 0 Å². The summed E-state index contributed by atoms with van der Waals surface area (Å²) in [6.07, 6.45) is 5.32. The van der Waals surface area contributed by atoms with Crippen LogP contribution >= 0.6 is 0 Å². The molecule has 3 unspecified atom stereocenters. The number of rotatable bonds is 2. The molecule has 1 N–H and O–H groups in total. The van der Waals surface area contributed by atoms with Gasteiger partial charge >= 0.3 is 0 Å². The van der Waals surface area contributed by atoms with Crippen molar-refractivity contribution < 1.29 is 5.11 Å². The highest BCUT2D eigenvalue weighted by atomic mass is 16.3. The number of hydrogen-bond acceptors (Lipinski definition) is 1. The summed E-state index contributed by atoms with van der Waals surface area (Å²) in [6, 6.07) is 0. The van der Waals surface area contributed by atoms with E-state index < -0.39 is 0 Å². The van der Waals surface area contributed by atoms with Gasteiger partial charge in [0.1, 0.15) is 0 Å². The number of aliphatic hydroxyl groups is 1. The predicted molar refractivity (Wildman–Crippen MR) is 56.4 cm³/mol. The van der Waals surface area contributed by atoms with Gasteiger partial charge in [0.2, 0.25) is 0 Å². The molecule has 1 aliphatic carbocycles. The minimum Gasteiger partial charge on any atom is -0.392 e. The van der Waals surface area contributed by atoms with Crippen LogP contribution in [0.2, 0.25) is 0 Å². The quantitative estimate of drug-likeness (QED) is 0.651.